The minimum Gasteiger partial charge on any atom is -0.460 e. The molecule has 1 aromatic heterocycles. The third kappa shape index (κ3) is 3.39. The third-order valence-corrected chi connectivity index (χ3v) is 4.67. The second kappa shape index (κ2) is 6.34. The van der Waals surface area contributed by atoms with Crippen molar-refractivity contribution >= 4 is 15.9 Å². The predicted molar refractivity (Wildman–Crippen MR) is 89.2 cm³/mol. The molecule has 0 radical (unpaired) electrons. The molecule has 112 valence electrons. The molecule has 1 aliphatic heterocycles. The Bertz CT molecular complexity index is 583. The maximum Gasteiger partial charge on any atom is 0.134 e. The van der Waals surface area contributed by atoms with E-state index in [1.165, 1.54) is 0 Å². The van der Waals surface area contributed by atoms with E-state index in [0.29, 0.717) is 12.1 Å². The van der Waals surface area contributed by atoms with Gasteiger partial charge in [-0.2, -0.15) is 0 Å². The molecule has 0 aliphatic carbocycles. The Morgan fingerprint density at radius 2 is 1.76 bits per heavy atom. The lowest BCUT2D eigenvalue weighted by Crippen LogP contribution is -2.54. The minimum absolute atomic E-state index is 0.537. The lowest BCUT2D eigenvalue weighted by Gasteiger charge is -2.38. The number of furan rings is 1. The summed E-state index contributed by atoms with van der Waals surface area (Å²) >= 11 is 3.46. The molecule has 0 saturated carbocycles. The van der Waals surface area contributed by atoms with E-state index in [1.807, 2.05) is 12.1 Å². The fraction of sp³-hybridized carbons (Fsp3) is 0.412. The van der Waals surface area contributed by atoms with Gasteiger partial charge in [-0.1, -0.05) is 28.1 Å². The van der Waals surface area contributed by atoms with Gasteiger partial charge in [0, 0.05) is 35.2 Å². The zero-order valence-corrected chi connectivity index (χ0v) is 14.1. The fourth-order valence-corrected chi connectivity index (χ4v) is 3.16. The maximum atomic E-state index is 6.03. The summed E-state index contributed by atoms with van der Waals surface area (Å²) in [7, 11) is 0. The highest BCUT2D eigenvalue weighted by molar-refractivity contribution is 9.10. The van der Waals surface area contributed by atoms with Gasteiger partial charge >= 0.3 is 0 Å². The molecule has 2 aromatic rings. The summed E-state index contributed by atoms with van der Waals surface area (Å²) in [5, 5.41) is 3.46. The smallest absolute Gasteiger partial charge is 0.134 e. The van der Waals surface area contributed by atoms with Crippen molar-refractivity contribution in [2.75, 3.05) is 13.1 Å². The topological polar surface area (TPSA) is 28.4 Å². The van der Waals surface area contributed by atoms with Crippen LogP contribution in [0.2, 0.25) is 0 Å². The molecule has 2 heterocycles. The lowest BCUT2D eigenvalue weighted by atomic mass is 10.1. The highest BCUT2D eigenvalue weighted by Crippen LogP contribution is 2.25. The van der Waals surface area contributed by atoms with Gasteiger partial charge in [-0.15, -0.1) is 0 Å². The Balaban J connectivity index is 1.74. The summed E-state index contributed by atoms with van der Waals surface area (Å²) in [5.41, 5.74) is 1.12. The standard InChI is InChI=1S/C17H21BrN2O/c1-12-9-19-10-13(2)20(12)11-16-7-8-17(21-16)14-3-5-15(18)6-4-14/h3-8,12-13,19H,9-11H2,1-2H3. The van der Waals surface area contributed by atoms with Gasteiger partial charge in [-0.25, -0.2) is 0 Å². The third-order valence-electron chi connectivity index (χ3n) is 4.14. The first kappa shape index (κ1) is 14.8. The van der Waals surface area contributed by atoms with Gasteiger partial charge in [0.2, 0.25) is 0 Å². The van der Waals surface area contributed by atoms with Gasteiger partial charge in [0.15, 0.2) is 0 Å². The Hall–Kier alpha value is -1.10. The average molecular weight is 349 g/mol. The van der Waals surface area contributed by atoms with Gasteiger partial charge in [0.25, 0.3) is 0 Å². The van der Waals surface area contributed by atoms with Crippen LogP contribution >= 0.6 is 15.9 Å². The van der Waals surface area contributed by atoms with Crippen molar-refractivity contribution in [1.29, 1.82) is 0 Å². The Kier molecular flexibility index (Phi) is 4.48. The first-order valence-corrected chi connectivity index (χ1v) is 8.24. The van der Waals surface area contributed by atoms with Gasteiger partial charge < -0.3 is 9.73 Å². The SMILES string of the molecule is CC1CNCC(C)N1Cc1ccc(-c2ccc(Br)cc2)o1. The molecule has 0 amide bonds. The van der Waals surface area contributed by atoms with Gasteiger partial charge in [-0.05, 0) is 38.1 Å². The quantitative estimate of drug-likeness (QED) is 0.911. The van der Waals surface area contributed by atoms with E-state index >= 15 is 0 Å². The van der Waals surface area contributed by atoms with Crippen molar-refractivity contribution in [3.05, 3.63) is 46.6 Å². The number of hydrogen-bond acceptors (Lipinski definition) is 3. The second-order valence-electron chi connectivity index (χ2n) is 5.80. The summed E-state index contributed by atoms with van der Waals surface area (Å²) in [5.74, 6) is 1.97. The second-order valence-corrected chi connectivity index (χ2v) is 6.72. The van der Waals surface area contributed by atoms with Crippen LogP contribution in [0.1, 0.15) is 19.6 Å². The molecule has 3 nitrogen and oxygen atoms in total. The molecule has 2 unspecified atom stereocenters. The molecule has 3 rings (SSSR count). The van der Waals surface area contributed by atoms with Crippen LogP contribution < -0.4 is 5.32 Å². The van der Waals surface area contributed by atoms with Crippen molar-refractivity contribution in [3.8, 4) is 11.3 Å². The lowest BCUT2D eigenvalue weighted by molar-refractivity contribution is 0.100. The Morgan fingerprint density at radius 3 is 2.43 bits per heavy atom. The number of benzene rings is 1. The van der Waals surface area contributed by atoms with E-state index in [9.17, 15) is 0 Å². The van der Waals surface area contributed by atoms with E-state index in [-0.39, 0.29) is 0 Å². The van der Waals surface area contributed by atoms with Crippen LogP contribution in [0.5, 0.6) is 0 Å². The highest BCUT2D eigenvalue weighted by Gasteiger charge is 2.25. The van der Waals surface area contributed by atoms with Crippen LogP contribution in [0.15, 0.2) is 45.3 Å². The zero-order chi connectivity index (χ0) is 14.8. The van der Waals surface area contributed by atoms with Crippen LogP contribution in [-0.2, 0) is 6.54 Å². The van der Waals surface area contributed by atoms with Gasteiger partial charge in [0.05, 0.1) is 6.54 Å². The fourth-order valence-electron chi connectivity index (χ4n) is 2.89. The van der Waals surface area contributed by atoms with Crippen LogP contribution in [0.3, 0.4) is 0 Å². The summed E-state index contributed by atoms with van der Waals surface area (Å²) in [6.45, 7) is 7.50. The Morgan fingerprint density at radius 1 is 1.10 bits per heavy atom. The van der Waals surface area contributed by atoms with Crippen LogP contribution in [0.25, 0.3) is 11.3 Å². The van der Waals surface area contributed by atoms with E-state index in [0.717, 1.165) is 41.2 Å². The minimum atomic E-state index is 0.537. The molecule has 1 saturated heterocycles. The molecular weight excluding hydrogens is 328 g/mol. The first-order chi connectivity index (χ1) is 10.1. The number of nitrogens with one attached hydrogen (secondary N) is 1. The van der Waals surface area contributed by atoms with Crippen molar-refractivity contribution in [2.45, 2.75) is 32.5 Å². The number of rotatable bonds is 3. The molecule has 1 aliphatic rings. The highest BCUT2D eigenvalue weighted by atomic mass is 79.9. The molecule has 0 spiro atoms. The predicted octanol–water partition coefficient (Wildman–Crippen LogP) is 3.89. The largest absolute Gasteiger partial charge is 0.460 e. The van der Waals surface area contributed by atoms with E-state index < -0.39 is 0 Å². The molecular formula is C17H21BrN2O. The van der Waals surface area contributed by atoms with Crippen molar-refractivity contribution in [3.63, 3.8) is 0 Å². The van der Waals surface area contributed by atoms with Crippen LogP contribution in [0, 0.1) is 0 Å². The normalized spacial score (nSPS) is 23.4. The summed E-state index contributed by atoms with van der Waals surface area (Å²) < 4.78 is 7.12. The first-order valence-electron chi connectivity index (χ1n) is 7.44. The molecule has 4 heteroatoms. The number of piperazine rings is 1. The van der Waals surface area contributed by atoms with Crippen LogP contribution in [0.4, 0.5) is 0 Å². The number of nitrogens with zero attached hydrogens (tertiary/aromatic N) is 1. The molecule has 1 aromatic carbocycles. The maximum absolute atomic E-state index is 6.03. The van der Waals surface area contributed by atoms with Crippen molar-refractivity contribution in [2.24, 2.45) is 0 Å². The monoisotopic (exact) mass is 348 g/mol. The molecule has 21 heavy (non-hydrogen) atoms. The van der Waals surface area contributed by atoms with Gasteiger partial charge in [0.1, 0.15) is 11.5 Å². The van der Waals surface area contributed by atoms with E-state index in [2.05, 4.69) is 64.3 Å². The molecule has 0 bridgehead atoms. The molecule has 2 atom stereocenters. The van der Waals surface area contributed by atoms with Gasteiger partial charge in [-0.3, -0.25) is 4.90 Å². The summed E-state index contributed by atoms with van der Waals surface area (Å²) in [6, 6.07) is 13.5. The van der Waals surface area contributed by atoms with Crippen molar-refractivity contribution in [1.82, 2.24) is 10.2 Å². The van der Waals surface area contributed by atoms with Crippen molar-refractivity contribution < 1.29 is 4.42 Å². The summed E-state index contributed by atoms with van der Waals surface area (Å²) in [4.78, 5) is 2.50. The van der Waals surface area contributed by atoms with E-state index in [1.54, 1.807) is 0 Å². The van der Waals surface area contributed by atoms with E-state index in [4.69, 9.17) is 4.42 Å². The molecule has 1 fully saturated rings. The van der Waals surface area contributed by atoms with Crippen LogP contribution in [-0.4, -0.2) is 30.1 Å². The molecule has 1 N–H and O–H groups in total. The summed E-state index contributed by atoms with van der Waals surface area (Å²) in [6.07, 6.45) is 0. The Labute approximate surface area is 134 Å². The zero-order valence-electron chi connectivity index (χ0n) is 12.5. The average Bonchev–Trinajstić information content (AvgIpc) is 2.92. The number of halogens is 1. The number of hydrogen-bond donors (Lipinski definition) is 1.